The number of rotatable bonds is 3. The third-order valence-electron chi connectivity index (χ3n) is 5.03. The topological polar surface area (TPSA) is 44.7 Å². The van der Waals surface area contributed by atoms with Crippen molar-refractivity contribution in [3.05, 3.63) is 45.9 Å². The van der Waals surface area contributed by atoms with Gasteiger partial charge >= 0.3 is 17.6 Å². The van der Waals surface area contributed by atoms with E-state index < -0.39 is 23.5 Å². The zero-order valence-electron chi connectivity index (χ0n) is 15.9. The van der Waals surface area contributed by atoms with Crippen LogP contribution in [0.1, 0.15) is 29.5 Å². The normalized spacial score (nSPS) is 20.7. The summed E-state index contributed by atoms with van der Waals surface area (Å²) in [6, 6.07) is 1.78. The molecule has 1 saturated heterocycles. The lowest BCUT2D eigenvalue weighted by Crippen LogP contribution is -2.33. The van der Waals surface area contributed by atoms with Crippen molar-refractivity contribution in [3.63, 3.8) is 0 Å². The van der Waals surface area contributed by atoms with Gasteiger partial charge in [0.1, 0.15) is 5.84 Å². The lowest BCUT2D eigenvalue weighted by atomic mass is 9.95. The Kier molecular flexibility index (Phi) is 6.51. The monoisotopic (exact) mass is 451 g/mol. The maximum atomic E-state index is 13.3. The molecule has 0 aromatic heterocycles. The van der Waals surface area contributed by atoms with Gasteiger partial charge in [-0.1, -0.05) is 12.1 Å². The van der Waals surface area contributed by atoms with E-state index in [0.29, 0.717) is 37.8 Å². The molecular weight excluding hydrogens is 432 g/mol. The Bertz CT molecular complexity index is 870. The Balaban J connectivity index is 1.68. The van der Waals surface area contributed by atoms with Crippen LogP contribution in [0, 0.1) is 5.92 Å². The van der Waals surface area contributed by atoms with Crippen LogP contribution in [0.5, 0.6) is 0 Å². The zero-order chi connectivity index (χ0) is 22.1. The van der Waals surface area contributed by atoms with Crippen LogP contribution in [0.2, 0.25) is 0 Å². The van der Waals surface area contributed by atoms with E-state index in [4.69, 9.17) is 0 Å². The van der Waals surface area contributed by atoms with E-state index in [1.54, 1.807) is 11.9 Å². The highest BCUT2D eigenvalue weighted by molar-refractivity contribution is 8.18. The van der Waals surface area contributed by atoms with Crippen molar-refractivity contribution in [1.82, 2.24) is 10.2 Å². The number of likely N-dealkylation sites (tertiary alicyclic amines) is 1. The number of nitrogens with zero attached hydrogens (tertiary/aromatic N) is 2. The molecule has 2 aliphatic heterocycles. The molecule has 0 aliphatic carbocycles. The van der Waals surface area contributed by atoms with E-state index in [-0.39, 0.29) is 29.3 Å². The van der Waals surface area contributed by atoms with Crippen LogP contribution in [0.4, 0.5) is 31.1 Å². The number of likely N-dealkylation sites (N-methyl/N-ethyl adjacent to an activating group) is 1. The van der Waals surface area contributed by atoms with Gasteiger partial charge in [-0.15, -0.1) is 0 Å². The zero-order valence-corrected chi connectivity index (χ0v) is 16.7. The van der Waals surface area contributed by atoms with Gasteiger partial charge in [-0.25, -0.2) is 0 Å². The van der Waals surface area contributed by atoms with Crippen LogP contribution in [-0.2, 0) is 18.9 Å². The first kappa shape index (κ1) is 22.7. The number of allylic oxidation sites excluding steroid dienone is 1. The molecule has 1 N–H and O–H groups in total. The van der Waals surface area contributed by atoms with E-state index in [1.165, 1.54) is 0 Å². The van der Waals surface area contributed by atoms with Crippen LogP contribution in [0.15, 0.2) is 34.2 Å². The minimum absolute atomic E-state index is 0.0767. The number of halogens is 6. The first-order valence-electron chi connectivity index (χ1n) is 9.17. The Morgan fingerprint density at radius 2 is 1.83 bits per heavy atom. The SMILES string of the molecule is CNC1=NC(=O)S/C1=C\C1CCN(Cc2ccc(C(F)(F)F)cc2C(F)(F)F)CC1. The number of carbonyl (C=O) groups excluding carboxylic acids is 1. The molecule has 0 atom stereocenters. The fourth-order valence-electron chi connectivity index (χ4n) is 3.49. The second-order valence-electron chi connectivity index (χ2n) is 7.09. The van der Waals surface area contributed by atoms with E-state index in [0.717, 1.165) is 22.7 Å². The largest absolute Gasteiger partial charge is 0.416 e. The van der Waals surface area contributed by atoms with Crippen molar-refractivity contribution < 1.29 is 31.1 Å². The van der Waals surface area contributed by atoms with Gasteiger partial charge in [0.2, 0.25) is 0 Å². The van der Waals surface area contributed by atoms with Crippen LogP contribution in [-0.4, -0.2) is 36.1 Å². The summed E-state index contributed by atoms with van der Waals surface area (Å²) in [6.45, 7) is 0.918. The van der Waals surface area contributed by atoms with E-state index in [9.17, 15) is 31.1 Å². The van der Waals surface area contributed by atoms with E-state index >= 15 is 0 Å². The van der Waals surface area contributed by atoms with Crippen LogP contribution in [0.25, 0.3) is 0 Å². The number of piperidine rings is 1. The number of carbonyl (C=O) groups is 1. The number of thioether (sulfide) groups is 1. The molecule has 164 valence electrons. The van der Waals surface area contributed by atoms with Gasteiger partial charge in [0.25, 0.3) is 0 Å². The highest BCUT2D eigenvalue weighted by Crippen LogP contribution is 2.38. The highest BCUT2D eigenvalue weighted by Gasteiger charge is 2.38. The Morgan fingerprint density at radius 3 is 2.40 bits per heavy atom. The van der Waals surface area contributed by atoms with Crippen molar-refractivity contribution in [2.75, 3.05) is 20.1 Å². The standard InChI is InChI=1S/C19H19F6N3OS/c1-26-16-15(30-17(29)27-16)8-11-4-6-28(7-5-11)10-12-2-3-13(18(20,21)22)9-14(12)19(23,24)25/h2-3,8-9,11H,4-7,10H2,1H3,(H,26,27,29)/b15-8-. The summed E-state index contributed by atoms with van der Waals surface area (Å²) in [7, 11) is 1.66. The maximum absolute atomic E-state index is 13.3. The molecule has 1 amide bonds. The van der Waals surface area contributed by atoms with Crippen molar-refractivity contribution in [2.45, 2.75) is 31.7 Å². The van der Waals surface area contributed by atoms with Gasteiger partial charge in [0.05, 0.1) is 16.0 Å². The van der Waals surface area contributed by atoms with E-state index in [1.807, 2.05) is 6.08 Å². The molecule has 0 spiro atoms. The first-order valence-corrected chi connectivity index (χ1v) is 9.99. The van der Waals surface area contributed by atoms with Gasteiger partial charge in [-0.3, -0.25) is 9.69 Å². The fraction of sp³-hybridized carbons (Fsp3) is 0.474. The number of alkyl halides is 6. The summed E-state index contributed by atoms with van der Waals surface area (Å²) in [6.07, 6.45) is -6.43. The second kappa shape index (κ2) is 8.62. The molecule has 3 rings (SSSR count). The summed E-state index contributed by atoms with van der Waals surface area (Å²) < 4.78 is 78.4. The Labute approximate surface area is 173 Å². The van der Waals surface area contributed by atoms with Gasteiger partial charge in [-0.2, -0.15) is 31.3 Å². The number of aliphatic imine (C=N–C) groups is 1. The lowest BCUT2D eigenvalue weighted by Gasteiger charge is -2.31. The molecule has 0 bridgehead atoms. The quantitative estimate of drug-likeness (QED) is 0.633. The minimum atomic E-state index is -4.87. The summed E-state index contributed by atoms with van der Waals surface area (Å²) in [4.78, 5) is 17.8. The molecule has 2 aliphatic rings. The number of hydrogen-bond acceptors (Lipinski definition) is 4. The van der Waals surface area contributed by atoms with Crippen LogP contribution in [0.3, 0.4) is 0 Å². The first-order chi connectivity index (χ1) is 14.0. The van der Waals surface area contributed by atoms with E-state index in [2.05, 4.69) is 10.3 Å². The summed E-state index contributed by atoms with van der Waals surface area (Å²) >= 11 is 1.03. The van der Waals surface area contributed by atoms with Crippen molar-refractivity contribution >= 4 is 22.8 Å². The molecule has 1 aromatic carbocycles. The summed E-state index contributed by atoms with van der Waals surface area (Å²) in [5.41, 5.74) is -2.74. The van der Waals surface area contributed by atoms with Gasteiger partial charge in [0.15, 0.2) is 0 Å². The van der Waals surface area contributed by atoms with Crippen LogP contribution < -0.4 is 5.32 Å². The number of hydrogen-bond donors (Lipinski definition) is 1. The molecular formula is C19H19F6N3OS. The molecule has 0 unspecified atom stereocenters. The van der Waals surface area contributed by atoms with Gasteiger partial charge in [-0.05, 0) is 61.3 Å². The van der Waals surface area contributed by atoms with Gasteiger partial charge in [0, 0.05) is 13.6 Å². The molecule has 11 heteroatoms. The summed E-state index contributed by atoms with van der Waals surface area (Å²) in [5, 5.41) is 2.55. The minimum Gasteiger partial charge on any atom is -0.372 e. The molecule has 1 fully saturated rings. The molecule has 30 heavy (non-hydrogen) atoms. The lowest BCUT2D eigenvalue weighted by molar-refractivity contribution is -0.143. The number of benzene rings is 1. The summed E-state index contributed by atoms with van der Waals surface area (Å²) in [5.74, 6) is 0.648. The third-order valence-corrected chi connectivity index (χ3v) is 5.84. The Hall–Kier alpha value is -2.01. The predicted molar refractivity (Wildman–Crippen MR) is 102 cm³/mol. The third kappa shape index (κ3) is 5.37. The predicted octanol–water partition coefficient (Wildman–Crippen LogP) is 5.30. The molecule has 1 aromatic rings. The fourth-order valence-corrected chi connectivity index (χ4v) is 4.32. The van der Waals surface area contributed by atoms with Crippen LogP contribution >= 0.6 is 11.8 Å². The Morgan fingerprint density at radius 1 is 1.17 bits per heavy atom. The number of nitrogens with one attached hydrogen (secondary N) is 1. The maximum Gasteiger partial charge on any atom is 0.416 e. The molecule has 4 nitrogen and oxygen atoms in total. The van der Waals surface area contributed by atoms with Gasteiger partial charge < -0.3 is 5.32 Å². The molecule has 0 radical (unpaired) electrons. The average molecular weight is 451 g/mol. The van der Waals surface area contributed by atoms with Crippen molar-refractivity contribution in [3.8, 4) is 0 Å². The highest BCUT2D eigenvalue weighted by atomic mass is 32.2. The smallest absolute Gasteiger partial charge is 0.372 e. The molecule has 2 heterocycles. The van der Waals surface area contributed by atoms with Crippen molar-refractivity contribution in [2.24, 2.45) is 10.9 Å². The molecule has 0 saturated carbocycles. The number of amidine groups is 1. The second-order valence-corrected chi connectivity index (χ2v) is 8.08. The number of amides is 1. The van der Waals surface area contributed by atoms with Crippen molar-refractivity contribution in [1.29, 1.82) is 0 Å². The average Bonchev–Trinajstić information content (AvgIpc) is 3.01.